The molecule has 0 spiro atoms. The predicted octanol–water partition coefficient (Wildman–Crippen LogP) is -8.86. The lowest BCUT2D eigenvalue weighted by Crippen LogP contribution is -2.68. The first-order valence-electron chi connectivity index (χ1n) is 13.8. The van der Waals surface area contributed by atoms with Crippen LogP contribution < -0.4 is 28.7 Å². The van der Waals surface area contributed by atoms with E-state index in [0.29, 0.717) is 0 Å². The van der Waals surface area contributed by atoms with Crippen LogP contribution in [0.5, 0.6) is 0 Å². The average molecular weight is 616 g/mol. The summed E-state index contributed by atoms with van der Waals surface area (Å²) in [5.74, 6) is 0. The molecule has 0 bridgehead atoms. The zero-order valence-corrected chi connectivity index (χ0v) is 22.7. The highest BCUT2D eigenvalue weighted by atomic mass is 16.8. The van der Waals surface area contributed by atoms with Gasteiger partial charge in [-0.05, 0) is 6.42 Å². The van der Waals surface area contributed by atoms with E-state index in [0.717, 1.165) is 0 Å². The largest absolute Gasteiger partial charge is 0.394 e. The van der Waals surface area contributed by atoms with Crippen molar-refractivity contribution in [3.63, 3.8) is 0 Å². The smallest absolute Gasteiger partial charge is 0.187 e. The molecule has 3 heterocycles. The maximum absolute atomic E-state index is 11.1. The Bertz CT molecular complexity index is 866. The van der Waals surface area contributed by atoms with Gasteiger partial charge in [0.1, 0.15) is 67.1 Å². The van der Waals surface area contributed by atoms with Crippen LogP contribution in [-0.4, -0.2) is 177 Å². The number of aliphatic hydroxyl groups is 8. The first kappa shape index (κ1) is 34.1. The molecule has 4 rings (SSSR count). The zero-order chi connectivity index (χ0) is 31.0. The van der Waals surface area contributed by atoms with Crippen LogP contribution in [0.3, 0.4) is 0 Å². The fourth-order valence-electron chi connectivity index (χ4n) is 5.70. The molecule has 0 radical (unpaired) electrons. The molecule has 4 aliphatic rings. The average Bonchev–Trinajstić information content (AvgIpc) is 3.27. The maximum atomic E-state index is 11.1. The third-order valence-electron chi connectivity index (χ3n) is 8.32. The Hall–Kier alpha value is -0.760. The molecule has 19 atom stereocenters. The number of aliphatic hydroxyl groups excluding tert-OH is 8. The van der Waals surface area contributed by atoms with Gasteiger partial charge in [0.2, 0.25) is 0 Å². The number of hydrogen-bond acceptors (Lipinski definition) is 19. The number of hydrogen-bond donors (Lipinski definition) is 13. The van der Waals surface area contributed by atoms with Crippen molar-refractivity contribution in [3.05, 3.63) is 0 Å². The van der Waals surface area contributed by atoms with Crippen LogP contribution in [0.1, 0.15) is 6.42 Å². The molecule has 0 aromatic heterocycles. The second-order valence-electron chi connectivity index (χ2n) is 11.2. The van der Waals surface area contributed by atoms with Crippen LogP contribution in [-0.2, 0) is 28.4 Å². The fourth-order valence-corrected chi connectivity index (χ4v) is 5.70. The lowest BCUT2D eigenvalue weighted by molar-refractivity contribution is -0.310. The Labute approximate surface area is 240 Å². The Kier molecular flexibility index (Phi) is 11.5. The Balaban J connectivity index is 1.50. The monoisotopic (exact) mass is 615 g/mol. The summed E-state index contributed by atoms with van der Waals surface area (Å²) >= 11 is 0. The van der Waals surface area contributed by atoms with Crippen molar-refractivity contribution >= 4 is 0 Å². The normalized spacial score (nSPS) is 53.8. The molecule has 19 nitrogen and oxygen atoms in total. The van der Waals surface area contributed by atoms with E-state index in [2.05, 4.69) is 0 Å². The highest BCUT2D eigenvalue weighted by Gasteiger charge is 2.54. The van der Waals surface area contributed by atoms with Gasteiger partial charge in [0.25, 0.3) is 0 Å². The van der Waals surface area contributed by atoms with Crippen LogP contribution in [0.2, 0.25) is 0 Å². The molecular weight excluding hydrogens is 570 g/mol. The van der Waals surface area contributed by atoms with Gasteiger partial charge in [-0.2, -0.15) is 0 Å². The minimum Gasteiger partial charge on any atom is -0.394 e. The highest BCUT2D eigenvalue weighted by Crippen LogP contribution is 2.34. The highest BCUT2D eigenvalue weighted by molar-refractivity contribution is 5.02. The predicted molar refractivity (Wildman–Crippen MR) is 136 cm³/mol. The zero-order valence-electron chi connectivity index (χ0n) is 22.7. The van der Waals surface area contributed by atoms with E-state index in [1.54, 1.807) is 0 Å². The minimum atomic E-state index is -1.62. The molecule has 3 saturated heterocycles. The molecule has 42 heavy (non-hydrogen) atoms. The minimum absolute atomic E-state index is 0.0642. The Morgan fingerprint density at radius 2 is 1.00 bits per heavy atom. The van der Waals surface area contributed by atoms with Crippen LogP contribution in [0.15, 0.2) is 0 Å². The van der Waals surface area contributed by atoms with E-state index >= 15 is 0 Å². The van der Waals surface area contributed by atoms with Gasteiger partial charge in [-0.3, -0.25) is 0 Å². The van der Waals surface area contributed by atoms with E-state index < -0.39 is 129 Å². The molecule has 19 heteroatoms. The molecule has 1 aliphatic carbocycles. The fraction of sp³-hybridized carbons (Fsp3) is 1.00. The van der Waals surface area contributed by atoms with Crippen LogP contribution >= 0.6 is 0 Å². The Morgan fingerprint density at radius 1 is 0.524 bits per heavy atom. The van der Waals surface area contributed by atoms with E-state index in [-0.39, 0.29) is 13.0 Å². The van der Waals surface area contributed by atoms with Gasteiger partial charge in [0.05, 0.1) is 31.4 Å². The standard InChI is InChI=1S/C23H45N5O14/c24-2-7-13(32)15(34)10(27)21(37-7)41-19-9(4-30)39-23(17(19)36)42-20-12(31)5(25)1-6(26)18(20)40-22-11(28)16(35)14(33)8(3-29)38-22/h5-23,29-36H,1-4,24-28H2/t5-,6?,7+,8?,9-,10?,11?,12-,13-,14-,15?,16?,17+,18-,19?,20?,21-,22-,23+/m1/s1. The van der Waals surface area contributed by atoms with E-state index in [1.165, 1.54) is 0 Å². The lowest BCUT2D eigenvalue weighted by atomic mass is 9.84. The third kappa shape index (κ3) is 6.60. The SMILES string of the molecule is NC[C@@H]1O[C@H](OC2[C@@H](CO)O[C@@H](OC3[C@H](O[C@H]4OC(CO)[C@@H](O)C(O)C4N)C(N)C[C@@H](N)[C@H]3O)[C@H]2O)C(N)C(O)[C@@H]1O. The summed E-state index contributed by atoms with van der Waals surface area (Å²) < 4.78 is 34.4. The first-order chi connectivity index (χ1) is 19.8. The molecule has 0 amide bonds. The molecule has 0 aromatic carbocycles. The number of nitrogens with two attached hydrogens (primary N) is 5. The van der Waals surface area contributed by atoms with Gasteiger partial charge in [-0.1, -0.05) is 0 Å². The van der Waals surface area contributed by atoms with Gasteiger partial charge < -0.3 is 97.9 Å². The van der Waals surface area contributed by atoms with Crippen LogP contribution in [0, 0.1) is 0 Å². The summed E-state index contributed by atoms with van der Waals surface area (Å²) in [6.07, 6.45) is -20.5. The van der Waals surface area contributed by atoms with E-state index in [4.69, 9.17) is 57.1 Å². The van der Waals surface area contributed by atoms with Crippen LogP contribution in [0.4, 0.5) is 0 Å². The van der Waals surface area contributed by atoms with Crippen molar-refractivity contribution in [3.8, 4) is 0 Å². The second-order valence-corrected chi connectivity index (χ2v) is 11.2. The second kappa shape index (κ2) is 14.1. The quantitative estimate of drug-likeness (QED) is 0.114. The number of ether oxygens (including phenoxy) is 6. The van der Waals surface area contributed by atoms with Crippen molar-refractivity contribution in [2.75, 3.05) is 19.8 Å². The summed E-state index contributed by atoms with van der Waals surface area (Å²) in [7, 11) is 0. The van der Waals surface area contributed by atoms with Gasteiger partial charge >= 0.3 is 0 Å². The van der Waals surface area contributed by atoms with Crippen molar-refractivity contribution in [2.24, 2.45) is 28.7 Å². The topological polar surface area (TPSA) is 347 Å². The molecule has 18 N–H and O–H groups in total. The molecule has 4 fully saturated rings. The molecule has 1 saturated carbocycles. The van der Waals surface area contributed by atoms with Crippen molar-refractivity contribution in [2.45, 2.75) is 123 Å². The lowest BCUT2D eigenvalue weighted by Gasteiger charge is -2.47. The number of rotatable bonds is 9. The summed E-state index contributed by atoms with van der Waals surface area (Å²) in [6.45, 7) is -1.49. The van der Waals surface area contributed by atoms with Gasteiger partial charge in [-0.25, -0.2) is 0 Å². The molecule has 246 valence electrons. The molecule has 0 aromatic rings. The van der Waals surface area contributed by atoms with Crippen molar-refractivity contribution < 1.29 is 69.3 Å². The van der Waals surface area contributed by atoms with Crippen molar-refractivity contribution in [1.29, 1.82) is 0 Å². The summed E-state index contributed by atoms with van der Waals surface area (Å²) in [6, 6.07) is -4.30. The van der Waals surface area contributed by atoms with Crippen LogP contribution in [0.25, 0.3) is 0 Å². The van der Waals surface area contributed by atoms with Gasteiger partial charge in [-0.15, -0.1) is 0 Å². The van der Waals surface area contributed by atoms with E-state index in [9.17, 15) is 40.9 Å². The molecular formula is C23H45N5O14. The summed E-state index contributed by atoms with van der Waals surface area (Å²) in [5, 5.41) is 82.3. The van der Waals surface area contributed by atoms with Crippen molar-refractivity contribution in [1.82, 2.24) is 0 Å². The first-order valence-corrected chi connectivity index (χ1v) is 13.8. The molecule has 3 aliphatic heterocycles. The third-order valence-corrected chi connectivity index (χ3v) is 8.32. The van der Waals surface area contributed by atoms with E-state index in [1.807, 2.05) is 0 Å². The summed E-state index contributed by atoms with van der Waals surface area (Å²) in [4.78, 5) is 0. The maximum Gasteiger partial charge on any atom is 0.187 e. The molecule has 8 unspecified atom stereocenters. The Morgan fingerprint density at radius 3 is 1.55 bits per heavy atom. The van der Waals surface area contributed by atoms with Gasteiger partial charge in [0, 0.05) is 18.6 Å². The van der Waals surface area contributed by atoms with Gasteiger partial charge in [0.15, 0.2) is 18.9 Å². The summed E-state index contributed by atoms with van der Waals surface area (Å²) in [5.41, 5.74) is 29.9.